The predicted octanol–water partition coefficient (Wildman–Crippen LogP) is 0.553. The summed E-state index contributed by atoms with van der Waals surface area (Å²) in [5, 5.41) is 0. The normalized spacial score (nSPS) is 21.0. The Morgan fingerprint density at radius 1 is 1.40 bits per heavy atom. The van der Waals surface area contributed by atoms with E-state index in [1.54, 1.807) is 19.0 Å². The maximum atomic E-state index is 11.7. The number of likely N-dealkylation sites (tertiary alicyclic amines) is 1. The Labute approximate surface area is 90.0 Å². The summed E-state index contributed by atoms with van der Waals surface area (Å²) in [6.45, 7) is 1.20. The van der Waals surface area contributed by atoms with E-state index in [9.17, 15) is 9.59 Å². The van der Waals surface area contributed by atoms with E-state index in [1.165, 1.54) is 12.0 Å². The van der Waals surface area contributed by atoms with Gasteiger partial charge in [-0.05, 0) is 12.8 Å². The van der Waals surface area contributed by atoms with E-state index in [0.29, 0.717) is 6.54 Å². The van der Waals surface area contributed by atoms with Crippen LogP contribution in [0.2, 0.25) is 0 Å². The average Bonchev–Trinajstić information content (AvgIpc) is 2.27. The van der Waals surface area contributed by atoms with Crippen LogP contribution in [0.1, 0.15) is 12.8 Å². The number of ether oxygens (including phenoxy) is 1. The van der Waals surface area contributed by atoms with Gasteiger partial charge in [0, 0.05) is 27.2 Å². The Bertz CT molecular complexity index is 253. The zero-order valence-electron chi connectivity index (χ0n) is 9.52. The minimum atomic E-state index is -0.216. The van der Waals surface area contributed by atoms with E-state index in [0.717, 1.165) is 19.4 Å². The van der Waals surface area contributed by atoms with Gasteiger partial charge in [-0.25, -0.2) is 4.79 Å². The van der Waals surface area contributed by atoms with Gasteiger partial charge in [-0.3, -0.25) is 4.79 Å². The molecule has 86 valence electrons. The molecule has 1 fully saturated rings. The summed E-state index contributed by atoms with van der Waals surface area (Å²) in [7, 11) is 4.81. The van der Waals surface area contributed by atoms with Crippen LogP contribution >= 0.6 is 0 Å². The van der Waals surface area contributed by atoms with E-state index in [2.05, 4.69) is 4.74 Å². The van der Waals surface area contributed by atoms with Crippen molar-refractivity contribution in [2.75, 3.05) is 34.3 Å². The van der Waals surface area contributed by atoms with Crippen LogP contribution in [0.3, 0.4) is 0 Å². The summed E-state index contributed by atoms with van der Waals surface area (Å²) in [4.78, 5) is 26.2. The van der Waals surface area contributed by atoms with E-state index in [1.807, 2.05) is 0 Å². The minimum absolute atomic E-state index is 0.0383. The topological polar surface area (TPSA) is 49.9 Å². The van der Waals surface area contributed by atoms with Crippen LogP contribution in [-0.2, 0) is 9.53 Å². The van der Waals surface area contributed by atoms with Crippen molar-refractivity contribution in [1.29, 1.82) is 0 Å². The molecule has 0 aliphatic carbocycles. The van der Waals surface area contributed by atoms with E-state index < -0.39 is 0 Å². The Morgan fingerprint density at radius 2 is 2.07 bits per heavy atom. The van der Waals surface area contributed by atoms with Gasteiger partial charge in [0.15, 0.2) is 0 Å². The highest BCUT2D eigenvalue weighted by molar-refractivity contribution is 5.77. The summed E-state index contributed by atoms with van der Waals surface area (Å²) in [6, 6.07) is -0.0383. The van der Waals surface area contributed by atoms with Gasteiger partial charge in [-0.1, -0.05) is 0 Å². The minimum Gasteiger partial charge on any atom is -0.469 e. The standard InChI is InChI=1S/C10H18N2O3/c1-11(2)10(14)12-6-4-5-8(7-12)9(13)15-3/h8H,4-7H2,1-3H3/t8-/m0/s1. The molecule has 1 aliphatic rings. The molecule has 0 aromatic heterocycles. The van der Waals surface area contributed by atoms with Crippen molar-refractivity contribution in [3.8, 4) is 0 Å². The van der Waals surface area contributed by atoms with Crippen molar-refractivity contribution in [2.45, 2.75) is 12.8 Å². The maximum Gasteiger partial charge on any atom is 0.319 e. The molecule has 1 saturated heterocycles. The lowest BCUT2D eigenvalue weighted by molar-refractivity contribution is -0.146. The molecule has 15 heavy (non-hydrogen) atoms. The number of carbonyl (C=O) groups excluding carboxylic acids is 2. The van der Waals surface area contributed by atoms with Gasteiger partial charge in [0.2, 0.25) is 0 Å². The molecule has 0 saturated carbocycles. The highest BCUT2D eigenvalue weighted by atomic mass is 16.5. The van der Waals surface area contributed by atoms with Crippen LogP contribution in [0.4, 0.5) is 4.79 Å². The highest BCUT2D eigenvalue weighted by Gasteiger charge is 2.29. The van der Waals surface area contributed by atoms with Crippen LogP contribution in [0.15, 0.2) is 0 Å². The molecular weight excluding hydrogens is 196 g/mol. The monoisotopic (exact) mass is 214 g/mol. The smallest absolute Gasteiger partial charge is 0.319 e. The predicted molar refractivity (Wildman–Crippen MR) is 55.4 cm³/mol. The lowest BCUT2D eigenvalue weighted by atomic mass is 9.98. The molecule has 0 unspecified atom stereocenters. The molecule has 0 spiro atoms. The number of carbonyl (C=O) groups is 2. The third kappa shape index (κ3) is 2.84. The first-order valence-corrected chi connectivity index (χ1v) is 5.10. The van der Waals surface area contributed by atoms with Gasteiger partial charge >= 0.3 is 12.0 Å². The van der Waals surface area contributed by atoms with Crippen molar-refractivity contribution in [1.82, 2.24) is 9.80 Å². The molecular formula is C10H18N2O3. The van der Waals surface area contributed by atoms with Crippen molar-refractivity contribution < 1.29 is 14.3 Å². The quantitative estimate of drug-likeness (QED) is 0.599. The van der Waals surface area contributed by atoms with Gasteiger partial charge in [-0.15, -0.1) is 0 Å². The van der Waals surface area contributed by atoms with Crippen LogP contribution in [0.25, 0.3) is 0 Å². The molecule has 5 heteroatoms. The number of urea groups is 1. The highest BCUT2D eigenvalue weighted by Crippen LogP contribution is 2.18. The van der Waals surface area contributed by atoms with Crippen molar-refractivity contribution in [3.05, 3.63) is 0 Å². The summed E-state index contributed by atoms with van der Waals surface area (Å²) in [6.07, 6.45) is 1.67. The van der Waals surface area contributed by atoms with Crippen LogP contribution < -0.4 is 0 Å². The second kappa shape index (κ2) is 5.00. The van der Waals surface area contributed by atoms with Crippen molar-refractivity contribution in [3.63, 3.8) is 0 Å². The summed E-state index contributed by atoms with van der Waals surface area (Å²) in [5.41, 5.74) is 0. The third-order valence-electron chi connectivity index (χ3n) is 2.61. The molecule has 1 heterocycles. The Kier molecular flexibility index (Phi) is 3.94. The van der Waals surface area contributed by atoms with Gasteiger partial charge < -0.3 is 14.5 Å². The van der Waals surface area contributed by atoms with Gasteiger partial charge in [-0.2, -0.15) is 0 Å². The third-order valence-corrected chi connectivity index (χ3v) is 2.61. The Morgan fingerprint density at radius 3 is 2.60 bits per heavy atom. The van der Waals surface area contributed by atoms with E-state index in [-0.39, 0.29) is 17.9 Å². The second-order valence-corrected chi connectivity index (χ2v) is 3.99. The maximum absolute atomic E-state index is 11.7. The summed E-state index contributed by atoms with van der Waals surface area (Å²) in [5.74, 6) is -0.376. The number of hydrogen-bond acceptors (Lipinski definition) is 3. The van der Waals surface area contributed by atoms with E-state index >= 15 is 0 Å². The molecule has 0 N–H and O–H groups in total. The Balaban J connectivity index is 2.56. The van der Waals surface area contributed by atoms with Crippen molar-refractivity contribution in [2.24, 2.45) is 5.92 Å². The Hall–Kier alpha value is -1.26. The fourth-order valence-electron chi connectivity index (χ4n) is 1.79. The summed E-state index contributed by atoms with van der Waals surface area (Å²) < 4.78 is 4.69. The van der Waals surface area contributed by atoms with Gasteiger partial charge in [0.05, 0.1) is 13.0 Å². The number of rotatable bonds is 1. The fourth-order valence-corrected chi connectivity index (χ4v) is 1.79. The van der Waals surface area contributed by atoms with Crippen LogP contribution in [0.5, 0.6) is 0 Å². The molecule has 2 amide bonds. The number of esters is 1. The zero-order valence-corrected chi connectivity index (χ0v) is 9.52. The second-order valence-electron chi connectivity index (χ2n) is 3.99. The average molecular weight is 214 g/mol. The molecule has 1 atom stereocenters. The number of methoxy groups -OCH3 is 1. The molecule has 0 aromatic rings. The SMILES string of the molecule is COC(=O)[C@H]1CCCN(C(=O)N(C)C)C1. The molecule has 0 bridgehead atoms. The zero-order chi connectivity index (χ0) is 11.4. The number of piperidine rings is 1. The van der Waals surface area contributed by atoms with Crippen LogP contribution in [0, 0.1) is 5.92 Å². The van der Waals surface area contributed by atoms with Crippen LogP contribution in [-0.4, -0.2) is 56.1 Å². The first-order valence-electron chi connectivity index (χ1n) is 5.10. The fraction of sp³-hybridized carbons (Fsp3) is 0.800. The number of amides is 2. The van der Waals surface area contributed by atoms with E-state index in [4.69, 9.17) is 0 Å². The molecule has 0 aromatic carbocycles. The number of hydrogen-bond donors (Lipinski definition) is 0. The molecule has 1 rings (SSSR count). The molecule has 1 aliphatic heterocycles. The summed E-state index contributed by atoms with van der Waals surface area (Å²) >= 11 is 0. The lowest BCUT2D eigenvalue weighted by Gasteiger charge is -2.33. The number of nitrogens with zero attached hydrogens (tertiary/aromatic N) is 2. The van der Waals surface area contributed by atoms with Gasteiger partial charge in [0.1, 0.15) is 0 Å². The first kappa shape index (κ1) is 11.8. The molecule has 0 radical (unpaired) electrons. The molecule has 5 nitrogen and oxygen atoms in total. The van der Waals surface area contributed by atoms with Gasteiger partial charge in [0.25, 0.3) is 0 Å². The lowest BCUT2D eigenvalue weighted by Crippen LogP contribution is -2.46. The van der Waals surface area contributed by atoms with Crippen molar-refractivity contribution >= 4 is 12.0 Å². The largest absolute Gasteiger partial charge is 0.469 e. The first-order chi connectivity index (χ1) is 7.06.